The largest absolute Gasteiger partial charge is 0.494 e. The molecule has 0 bridgehead atoms. The maximum absolute atomic E-state index is 13.3. The van der Waals surface area contributed by atoms with Crippen LogP contribution in [0.15, 0.2) is 48.9 Å². The van der Waals surface area contributed by atoms with Crippen LogP contribution < -0.4 is 14.2 Å². The summed E-state index contributed by atoms with van der Waals surface area (Å²) in [6.07, 6.45) is 3.55. The van der Waals surface area contributed by atoms with E-state index in [9.17, 15) is 12.8 Å². The fraction of sp³-hybridized carbons (Fsp3) is 0.261. The number of hydrogen-bond acceptors (Lipinski definition) is 9. The summed E-state index contributed by atoms with van der Waals surface area (Å²) in [4.78, 5) is 12.1. The smallest absolute Gasteiger partial charge is 0.243 e. The highest BCUT2D eigenvalue weighted by molar-refractivity contribution is 7.93. The van der Waals surface area contributed by atoms with Crippen LogP contribution in [0.25, 0.3) is 17.2 Å². The lowest BCUT2D eigenvalue weighted by Crippen LogP contribution is -2.29. The van der Waals surface area contributed by atoms with E-state index in [0.717, 1.165) is 18.0 Å². The molecule has 36 heavy (non-hydrogen) atoms. The van der Waals surface area contributed by atoms with Crippen LogP contribution in [0.1, 0.15) is 18.3 Å². The minimum atomic E-state index is -4.02. The molecule has 0 aliphatic rings. The molecular weight excluding hydrogens is 489 g/mol. The van der Waals surface area contributed by atoms with Crippen molar-refractivity contribution in [2.45, 2.75) is 25.5 Å². The van der Waals surface area contributed by atoms with E-state index in [1.165, 1.54) is 25.7 Å². The zero-order valence-electron chi connectivity index (χ0n) is 20.0. The lowest BCUT2D eigenvalue weighted by Gasteiger charge is -2.18. The van der Waals surface area contributed by atoms with Crippen molar-refractivity contribution in [2.75, 3.05) is 18.9 Å². The first-order valence-corrected chi connectivity index (χ1v) is 12.4. The Labute approximate surface area is 207 Å². The minimum Gasteiger partial charge on any atom is -0.494 e. The van der Waals surface area contributed by atoms with Crippen molar-refractivity contribution in [3.05, 3.63) is 66.1 Å². The van der Waals surface area contributed by atoms with E-state index in [-0.39, 0.29) is 24.0 Å². The predicted molar refractivity (Wildman–Crippen MR) is 130 cm³/mol. The van der Waals surface area contributed by atoms with Crippen molar-refractivity contribution in [3.8, 4) is 28.7 Å². The number of nitrogens with zero attached hydrogens (tertiary/aromatic N) is 6. The van der Waals surface area contributed by atoms with Crippen molar-refractivity contribution < 1.29 is 22.3 Å². The van der Waals surface area contributed by atoms with Gasteiger partial charge >= 0.3 is 0 Å². The monoisotopic (exact) mass is 513 g/mol. The van der Waals surface area contributed by atoms with Gasteiger partial charge < -0.3 is 9.47 Å². The van der Waals surface area contributed by atoms with E-state index < -0.39 is 21.1 Å². The summed E-state index contributed by atoms with van der Waals surface area (Å²) in [7, 11) is -1.04. The van der Waals surface area contributed by atoms with Gasteiger partial charge in [0.05, 0.1) is 31.9 Å². The molecule has 3 aromatic heterocycles. The molecule has 4 aromatic rings. The Morgan fingerprint density at radius 2 is 1.72 bits per heavy atom. The van der Waals surface area contributed by atoms with E-state index in [4.69, 9.17) is 9.47 Å². The summed E-state index contributed by atoms with van der Waals surface area (Å²) in [5, 5.41) is 7.39. The molecule has 0 aliphatic carbocycles. The number of rotatable bonds is 9. The van der Waals surface area contributed by atoms with E-state index in [2.05, 4.69) is 29.9 Å². The molecule has 1 aromatic carbocycles. The lowest BCUT2D eigenvalue weighted by molar-refractivity contribution is 0.391. The first-order chi connectivity index (χ1) is 17.2. The van der Waals surface area contributed by atoms with Gasteiger partial charge in [0.15, 0.2) is 11.6 Å². The molecule has 1 N–H and O–H groups in total. The maximum Gasteiger partial charge on any atom is 0.243 e. The van der Waals surface area contributed by atoms with Crippen molar-refractivity contribution in [2.24, 2.45) is 0 Å². The van der Waals surface area contributed by atoms with Crippen LogP contribution in [0.5, 0.6) is 11.5 Å². The molecule has 0 saturated carbocycles. The average molecular weight is 514 g/mol. The normalized spacial score (nSPS) is 12.2. The van der Waals surface area contributed by atoms with E-state index in [1.54, 1.807) is 30.5 Å². The van der Waals surface area contributed by atoms with Crippen LogP contribution in [-0.2, 0) is 16.4 Å². The Hall–Kier alpha value is -4.13. The van der Waals surface area contributed by atoms with Gasteiger partial charge in [-0.3, -0.25) is 14.3 Å². The number of methoxy groups -OCH3 is 2. The van der Waals surface area contributed by atoms with E-state index in [1.807, 2.05) is 13.0 Å². The third-order valence-corrected chi connectivity index (χ3v) is 7.03. The van der Waals surface area contributed by atoms with Crippen LogP contribution >= 0.6 is 0 Å². The third kappa shape index (κ3) is 5.10. The van der Waals surface area contributed by atoms with Gasteiger partial charge in [0.25, 0.3) is 0 Å². The molecular formula is C23H24FN7O4S. The zero-order chi connectivity index (χ0) is 25.9. The number of hydrogen-bond donors (Lipinski definition) is 1. The molecule has 0 saturated heterocycles. The van der Waals surface area contributed by atoms with Gasteiger partial charge in [-0.15, -0.1) is 10.2 Å². The lowest BCUT2D eigenvalue weighted by atomic mass is 10.2. The standard InChI is InChI=1S/C23H24FN7O4S/c1-14-8-9-25-17(10-14)22-28-29-23(31(22)21-18(34-3)6-5-7-19(21)35-4)30-36(32,33)15(2)11-20-26-12-16(24)13-27-20/h5-10,12-13,15H,11H2,1-4H3,(H,29,30). The first-order valence-electron chi connectivity index (χ1n) is 10.8. The van der Waals surface area contributed by atoms with Gasteiger partial charge in [0.1, 0.15) is 28.7 Å². The quantitative estimate of drug-likeness (QED) is 0.358. The molecule has 1 atom stereocenters. The van der Waals surface area contributed by atoms with Crippen molar-refractivity contribution in [3.63, 3.8) is 0 Å². The van der Waals surface area contributed by atoms with Crippen LogP contribution in [0.3, 0.4) is 0 Å². The number of para-hydroxylation sites is 1. The molecule has 188 valence electrons. The first kappa shape index (κ1) is 25.0. The number of aryl methyl sites for hydroxylation is 1. The number of ether oxygens (including phenoxy) is 2. The van der Waals surface area contributed by atoms with Gasteiger partial charge in [0, 0.05) is 12.6 Å². The van der Waals surface area contributed by atoms with Gasteiger partial charge in [-0.1, -0.05) is 6.07 Å². The molecule has 11 nitrogen and oxygen atoms in total. The maximum atomic E-state index is 13.3. The van der Waals surface area contributed by atoms with E-state index >= 15 is 0 Å². The van der Waals surface area contributed by atoms with Gasteiger partial charge in [-0.05, 0) is 43.7 Å². The van der Waals surface area contributed by atoms with Crippen molar-refractivity contribution >= 4 is 16.0 Å². The van der Waals surface area contributed by atoms with E-state index in [0.29, 0.717) is 22.9 Å². The number of halogens is 1. The molecule has 13 heteroatoms. The Bertz CT molecular complexity index is 1450. The topological polar surface area (TPSA) is 134 Å². The fourth-order valence-electron chi connectivity index (χ4n) is 3.48. The molecule has 0 fully saturated rings. The molecule has 0 amide bonds. The summed E-state index contributed by atoms with van der Waals surface area (Å²) in [5.74, 6) is 0.555. The highest BCUT2D eigenvalue weighted by Gasteiger charge is 2.29. The summed E-state index contributed by atoms with van der Waals surface area (Å²) in [6, 6.07) is 8.78. The highest BCUT2D eigenvalue weighted by atomic mass is 32.2. The number of anilines is 1. The fourth-order valence-corrected chi connectivity index (χ4v) is 4.43. The third-order valence-electron chi connectivity index (χ3n) is 5.34. The van der Waals surface area contributed by atoms with Gasteiger partial charge in [-0.2, -0.15) is 0 Å². The Morgan fingerprint density at radius 1 is 1.06 bits per heavy atom. The van der Waals surface area contributed by atoms with Crippen LogP contribution in [0, 0.1) is 12.7 Å². The molecule has 4 rings (SSSR count). The number of benzene rings is 1. The predicted octanol–water partition coefficient (Wildman–Crippen LogP) is 2.96. The summed E-state index contributed by atoms with van der Waals surface area (Å²) < 4.78 is 54.8. The number of pyridine rings is 1. The second-order valence-corrected chi connectivity index (χ2v) is 9.99. The van der Waals surface area contributed by atoms with Gasteiger partial charge in [-0.25, -0.2) is 22.8 Å². The molecule has 1 unspecified atom stereocenters. The van der Waals surface area contributed by atoms with Crippen LogP contribution in [0.4, 0.5) is 10.3 Å². The molecule has 0 aliphatic heterocycles. The molecule has 0 spiro atoms. The van der Waals surface area contributed by atoms with Crippen molar-refractivity contribution in [1.82, 2.24) is 29.7 Å². The average Bonchev–Trinajstić information content (AvgIpc) is 3.27. The second-order valence-electron chi connectivity index (χ2n) is 7.89. The van der Waals surface area contributed by atoms with Gasteiger partial charge in [0.2, 0.25) is 16.0 Å². The Kier molecular flexibility index (Phi) is 7.10. The van der Waals surface area contributed by atoms with Crippen LogP contribution in [0.2, 0.25) is 0 Å². The van der Waals surface area contributed by atoms with Crippen molar-refractivity contribution in [1.29, 1.82) is 0 Å². The Morgan fingerprint density at radius 3 is 2.33 bits per heavy atom. The number of aromatic nitrogens is 6. The summed E-state index contributed by atoms with van der Waals surface area (Å²) in [5.41, 5.74) is 1.78. The number of sulfonamides is 1. The second kappa shape index (κ2) is 10.2. The highest BCUT2D eigenvalue weighted by Crippen LogP contribution is 2.37. The number of nitrogens with one attached hydrogen (secondary N) is 1. The minimum absolute atomic E-state index is 0.0476. The SMILES string of the molecule is COc1cccc(OC)c1-n1c(NS(=O)(=O)C(C)Cc2ncc(F)cn2)nnc1-c1cc(C)ccn1. The Balaban J connectivity index is 1.81. The zero-order valence-corrected chi connectivity index (χ0v) is 20.8. The molecule has 0 radical (unpaired) electrons. The summed E-state index contributed by atoms with van der Waals surface area (Å²) >= 11 is 0. The van der Waals surface area contributed by atoms with Crippen LogP contribution in [-0.4, -0.2) is 57.6 Å². The summed E-state index contributed by atoms with van der Waals surface area (Å²) in [6.45, 7) is 3.39. The molecule has 3 heterocycles.